The summed E-state index contributed by atoms with van der Waals surface area (Å²) in [6, 6.07) is 8.51. The third-order valence-electron chi connectivity index (χ3n) is 5.55. The van der Waals surface area contributed by atoms with Gasteiger partial charge >= 0.3 is 6.18 Å². The Balaban J connectivity index is 1.80. The fraction of sp³-hybridized carbons (Fsp3) is 0.273. The molecule has 1 aromatic carbocycles. The highest BCUT2D eigenvalue weighted by Crippen LogP contribution is 2.53. The molecule has 5 rings (SSSR count). The van der Waals surface area contributed by atoms with Crippen LogP contribution in [0.2, 0.25) is 0 Å². The second kappa shape index (κ2) is 7.16. The summed E-state index contributed by atoms with van der Waals surface area (Å²) in [6.45, 7) is 1.73. The minimum absolute atomic E-state index is 0.0770. The van der Waals surface area contributed by atoms with Crippen LogP contribution in [-0.4, -0.2) is 42.8 Å². The van der Waals surface area contributed by atoms with Crippen molar-refractivity contribution in [2.75, 3.05) is 13.3 Å². The fourth-order valence-electron chi connectivity index (χ4n) is 3.94. The third-order valence-corrected chi connectivity index (χ3v) is 6.39. The van der Waals surface area contributed by atoms with Crippen molar-refractivity contribution in [3.05, 3.63) is 64.5 Å². The number of epoxide rings is 1. The van der Waals surface area contributed by atoms with Crippen molar-refractivity contribution in [3.63, 3.8) is 0 Å². The molecule has 2 atom stereocenters. The summed E-state index contributed by atoms with van der Waals surface area (Å²) in [5, 5.41) is -0.451. The molecule has 0 aliphatic carbocycles. The Labute approximate surface area is 187 Å². The molecule has 3 aromatic rings. The maximum Gasteiger partial charge on any atom is 0.416 e. The van der Waals surface area contributed by atoms with Gasteiger partial charge in [0.15, 0.2) is 12.0 Å². The van der Waals surface area contributed by atoms with Crippen LogP contribution in [0.3, 0.4) is 0 Å². The van der Waals surface area contributed by atoms with Gasteiger partial charge in [0, 0.05) is 18.9 Å². The normalized spacial score (nSPS) is 21.2. The van der Waals surface area contributed by atoms with E-state index in [9.17, 15) is 21.6 Å². The van der Waals surface area contributed by atoms with Crippen LogP contribution in [0.15, 0.2) is 46.0 Å². The van der Waals surface area contributed by atoms with Crippen molar-refractivity contribution in [3.8, 4) is 11.5 Å². The van der Waals surface area contributed by atoms with Crippen LogP contribution < -0.4 is 0 Å². The molecule has 1 saturated heterocycles. The molecule has 4 heterocycles. The van der Waals surface area contributed by atoms with Crippen molar-refractivity contribution < 1.29 is 30.7 Å². The third kappa shape index (κ3) is 3.70. The Bertz CT molecular complexity index is 1410. The van der Waals surface area contributed by atoms with Crippen LogP contribution in [0.1, 0.15) is 34.2 Å². The number of aryl methyl sites for hydroxylation is 1. The molecule has 0 radical (unpaired) electrons. The van der Waals surface area contributed by atoms with E-state index >= 15 is 0 Å². The number of furan rings is 1. The zero-order valence-corrected chi connectivity index (χ0v) is 18.5. The fourth-order valence-corrected chi connectivity index (χ4v) is 4.46. The van der Waals surface area contributed by atoms with Gasteiger partial charge in [0.1, 0.15) is 17.6 Å². The van der Waals surface area contributed by atoms with Gasteiger partial charge in [-0.1, -0.05) is 18.2 Å². The number of likely N-dealkylation sites (N-methyl/N-ethyl adjacent to an activating group) is 1. The van der Waals surface area contributed by atoms with E-state index < -0.39 is 39.1 Å². The molecule has 0 spiro atoms. The Morgan fingerprint density at radius 1 is 1.09 bits per heavy atom. The van der Waals surface area contributed by atoms with E-state index in [2.05, 4.69) is 9.97 Å². The highest BCUT2D eigenvalue weighted by Gasteiger charge is 2.53. The van der Waals surface area contributed by atoms with E-state index in [1.54, 1.807) is 31.0 Å². The van der Waals surface area contributed by atoms with Gasteiger partial charge in [-0.2, -0.15) is 13.2 Å². The predicted molar refractivity (Wildman–Crippen MR) is 112 cm³/mol. The van der Waals surface area contributed by atoms with Crippen molar-refractivity contribution in [2.45, 2.75) is 30.6 Å². The van der Waals surface area contributed by atoms with Crippen molar-refractivity contribution in [1.29, 1.82) is 0 Å². The molecule has 11 heteroatoms. The van der Waals surface area contributed by atoms with Gasteiger partial charge < -0.3 is 14.1 Å². The first-order valence-corrected chi connectivity index (χ1v) is 11.8. The number of sulfone groups is 1. The summed E-state index contributed by atoms with van der Waals surface area (Å²) in [7, 11) is -2.18. The molecule has 33 heavy (non-hydrogen) atoms. The van der Waals surface area contributed by atoms with Crippen LogP contribution in [-0.2, 0) is 20.8 Å². The maximum absolute atomic E-state index is 13.6. The first-order chi connectivity index (χ1) is 15.4. The molecule has 0 saturated carbocycles. The maximum atomic E-state index is 13.6. The number of nitrogens with zero attached hydrogens (tertiary/aromatic N) is 3. The van der Waals surface area contributed by atoms with Gasteiger partial charge in [-0.05, 0) is 36.8 Å². The monoisotopic (exact) mass is 477 g/mol. The second-order valence-corrected chi connectivity index (χ2v) is 9.88. The topological polar surface area (TPSA) is 88.8 Å². The molecule has 0 N–H and O–H groups in total. The summed E-state index contributed by atoms with van der Waals surface area (Å²) >= 11 is 0. The van der Waals surface area contributed by atoms with Crippen LogP contribution in [0.4, 0.5) is 13.2 Å². The molecule has 0 amide bonds. The Hall–Kier alpha value is -3.18. The Morgan fingerprint density at radius 3 is 2.42 bits per heavy atom. The lowest BCUT2D eigenvalue weighted by atomic mass is 9.96. The number of hydrogen-bond donors (Lipinski definition) is 0. The molecule has 1 fully saturated rings. The summed E-state index contributed by atoms with van der Waals surface area (Å²) in [4.78, 5) is 10.2. The number of ether oxygens (including phenoxy) is 1. The Morgan fingerprint density at radius 2 is 1.79 bits per heavy atom. The van der Waals surface area contributed by atoms with E-state index in [-0.39, 0.29) is 22.6 Å². The average Bonchev–Trinajstić information content (AvgIpc) is 3.42. The summed E-state index contributed by atoms with van der Waals surface area (Å²) in [6.07, 6.45) is -3.16. The number of benzene rings is 1. The molecule has 2 aliphatic rings. The van der Waals surface area contributed by atoms with Crippen molar-refractivity contribution >= 4 is 21.6 Å². The second-order valence-electron chi connectivity index (χ2n) is 7.97. The van der Waals surface area contributed by atoms with E-state index in [1.807, 2.05) is 0 Å². The molecular weight excluding hydrogens is 459 g/mol. The van der Waals surface area contributed by atoms with Crippen molar-refractivity contribution in [1.82, 2.24) is 14.9 Å². The minimum Gasteiger partial charge on any atom is -0.460 e. The smallest absolute Gasteiger partial charge is 0.416 e. The van der Waals surface area contributed by atoms with Gasteiger partial charge in [-0.25, -0.2) is 18.4 Å². The van der Waals surface area contributed by atoms with Gasteiger partial charge in [0.05, 0.1) is 17.0 Å². The van der Waals surface area contributed by atoms with Crippen LogP contribution in [0.25, 0.3) is 23.2 Å². The largest absolute Gasteiger partial charge is 0.460 e. The number of rotatable bonds is 3. The standard InChI is InChI=1S/C22H18F3N3O4S/c1-11-8-9-15(31-11)18-16-17(26-21(27-18)33(3,29)30)14(28(2)20-19(16)32-20)10-12-6-4-5-7-13(12)22(23,24)25/h4-10,19-20H,1-3H3/b14-10-. The molecule has 2 unspecified atom stereocenters. The number of fused-ring (bicyclic) bond motifs is 3. The van der Waals surface area contributed by atoms with Crippen LogP contribution in [0, 0.1) is 6.92 Å². The summed E-state index contributed by atoms with van der Waals surface area (Å²) in [5.74, 6) is 0.916. The molecule has 2 aromatic heterocycles. The van der Waals surface area contributed by atoms with E-state index in [4.69, 9.17) is 9.15 Å². The predicted octanol–water partition coefficient (Wildman–Crippen LogP) is 4.31. The zero-order valence-electron chi connectivity index (χ0n) is 17.7. The number of alkyl halides is 3. The van der Waals surface area contributed by atoms with Gasteiger partial charge in [-0.3, -0.25) is 0 Å². The minimum atomic E-state index is -4.57. The molecular formula is C22H18F3N3O4S. The SMILES string of the molecule is Cc1ccc(-c2nc(S(C)(=O)=O)nc3c2C2OC2N(C)/C3=C\c2ccccc2C(F)(F)F)o1. The number of aromatic nitrogens is 2. The van der Waals surface area contributed by atoms with Crippen LogP contribution in [0.5, 0.6) is 0 Å². The lowest BCUT2D eigenvalue weighted by Crippen LogP contribution is -2.27. The van der Waals surface area contributed by atoms with E-state index in [1.165, 1.54) is 24.3 Å². The average molecular weight is 477 g/mol. The summed E-state index contributed by atoms with van der Waals surface area (Å²) in [5.41, 5.74) is 0.307. The molecule has 172 valence electrons. The first kappa shape index (κ1) is 21.7. The van der Waals surface area contributed by atoms with Gasteiger partial charge in [-0.15, -0.1) is 0 Å². The molecule has 7 nitrogen and oxygen atoms in total. The highest BCUT2D eigenvalue weighted by molar-refractivity contribution is 7.90. The molecule has 2 aliphatic heterocycles. The van der Waals surface area contributed by atoms with E-state index in [0.29, 0.717) is 17.1 Å². The highest BCUT2D eigenvalue weighted by atomic mass is 32.2. The number of halogens is 3. The number of hydrogen-bond acceptors (Lipinski definition) is 7. The summed E-state index contributed by atoms with van der Waals surface area (Å²) < 4.78 is 77.0. The Kier molecular flexibility index (Phi) is 4.70. The lowest BCUT2D eigenvalue weighted by molar-refractivity contribution is -0.137. The lowest BCUT2D eigenvalue weighted by Gasteiger charge is -2.27. The van der Waals surface area contributed by atoms with Gasteiger partial charge in [0.25, 0.3) is 0 Å². The zero-order chi connectivity index (χ0) is 23.7. The van der Waals surface area contributed by atoms with Gasteiger partial charge in [0.2, 0.25) is 15.0 Å². The van der Waals surface area contributed by atoms with Crippen molar-refractivity contribution in [2.24, 2.45) is 0 Å². The molecule has 0 bridgehead atoms. The van der Waals surface area contributed by atoms with Crippen LogP contribution >= 0.6 is 0 Å². The van der Waals surface area contributed by atoms with E-state index in [0.717, 1.165) is 12.3 Å². The quantitative estimate of drug-likeness (QED) is 0.410. The first-order valence-electron chi connectivity index (χ1n) is 9.90.